The zero-order valence-corrected chi connectivity index (χ0v) is 18.0. The normalized spacial score (nSPS) is 12.8. The molecule has 2 heterocycles. The number of hydrogen-bond acceptors (Lipinski definition) is 5. The number of ether oxygens (including phenoxy) is 2. The average Bonchev–Trinajstić information content (AvgIpc) is 3.45. The van der Waals surface area contributed by atoms with Crippen LogP contribution in [-0.2, 0) is 13.0 Å². The van der Waals surface area contributed by atoms with Gasteiger partial charge in [0.1, 0.15) is 5.56 Å². The van der Waals surface area contributed by atoms with Crippen LogP contribution in [0.25, 0.3) is 11.1 Å². The molecule has 8 nitrogen and oxygen atoms in total. The van der Waals surface area contributed by atoms with Gasteiger partial charge < -0.3 is 19.8 Å². The number of nitrogens with one attached hydrogen (secondary N) is 2. The van der Waals surface area contributed by atoms with Crippen LogP contribution in [0.2, 0.25) is 0 Å². The number of anilines is 1. The number of carbonyl (C=O) groups excluding carboxylic acids is 1. The molecule has 3 aromatic carbocycles. The van der Waals surface area contributed by atoms with Crippen LogP contribution in [0.5, 0.6) is 11.5 Å². The number of aromatic nitrogens is 2. The van der Waals surface area contributed by atoms with Crippen molar-refractivity contribution in [3.63, 3.8) is 0 Å². The third kappa shape index (κ3) is 3.36. The van der Waals surface area contributed by atoms with E-state index in [0.717, 1.165) is 28.3 Å². The summed E-state index contributed by atoms with van der Waals surface area (Å²) in [5, 5.41) is 2.79. The van der Waals surface area contributed by atoms with Gasteiger partial charge in [0, 0.05) is 11.9 Å². The standard InChI is InChI=1S/C26H19N3O5/c30-24(28-18-6-7-20-17(11-18)10-16-3-1-2-4-19(16)20)21-12-27-26(32)29(25(21)31)13-15-5-8-22-23(9-15)34-14-33-22/h1-9,11-12H,10,13-14H2,(H,27,32)(H,28,30). The fourth-order valence-electron chi connectivity index (χ4n) is 4.46. The van der Waals surface area contributed by atoms with Gasteiger partial charge >= 0.3 is 5.69 Å². The Morgan fingerprint density at radius 3 is 2.68 bits per heavy atom. The summed E-state index contributed by atoms with van der Waals surface area (Å²) in [6.45, 7) is 0.118. The summed E-state index contributed by atoms with van der Waals surface area (Å²) in [5.74, 6) is 0.571. The molecule has 168 valence electrons. The van der Waals surface area contributed by atoms with Crippen LogP contribution in [0.1, 0.15) is 27.0 Å². The van der Waals surface area contributed by atoms with Gasteiger partial charge in [-0.3, -0.25) is 14.2 Å². The molecule has 1 aromatic heterocycles. The molecule has 2 aliphatic rings. The highest BCUT2D eigenvalue weighted by Crippen LogP contribution is 2.37. The number of fused-ring (bicyclic) bond motifs is 4. The Bertz CT molecular complexity index is 1580. The molecule has 0 fully saturated rings. The van der Waals surface area contributed by atoms with Crippen molar-refractivity contribution in [2.24, 2.45) is 0 Å². The number of nitrogens with zero attached hydrogens (tertiary/aromatic N) is 1. The van der Waals surface area contributed by atoms with E-state index in [4.69, 9.17) is 9.47 Å². The molecule has 1 aliphatic carbocycles. The molecular weight excluding hydrogens is 434 g/mol. The average molecular weight is 453 g/mol. The van der Waals surface area contributed by atoms with Crippen LogP contribution in [0.3, 0.4) is 0 Å². The quantitative estimate of drug-likeness (QED) is 0.435. The van der Waals surface area contributed by atoms with E-state index in [0.29, 0.717) is 22.7 Å². The predicted octanol–water partition coefficient (Wildman–Crippen LogP) is 3.14. The molecule has 0 radical (unpaired) electrons. The first kappa shape index (κ1) is 20.0. The highest BCUT2D eigenvalue weighted by molar-refractivity contribution is 6.04. The van der Waals surface area contributed by atoms with Gasteiger partial charge in [0.05, 0.1) is 6.54 Å². The second-order valence-electron chi connectivity index (χ2n) is 8.25. The van der Waals surface area contributed by atoms with E-state index in [1.165, 1.54) is 11.1 Å². The van der Waals surface area contributed by atoms with Gasteiger partial charge in [0.2, 0.25) is 6.79 Å². The van der Waals surface area contributed by atoms with Gasteiger partial charge in [-0.1, -0.05) is 36.4 Å². The van der Waals surface area contributed by atoms with Gasteiger partial charge in [-0.25, -0.2) is 4.79 Å². The van der Waals surface area contributed by atoms with Crippen molar-refractivity contribution in [2.75, 3.05) is 12.1 Å². The van der Waals surface area contributed by atoms with Crippen LogP contribution < -0.4 is 26.0 Å². The minimum atomic E-state index is -0.674. The van der Waals surface area contributed by atoms with Crippen LogP contribution >= 0.6 is 0 Å². The summed E-state index contributed by atoms with van der Waals surface area (Å²) in [5.41, 5.74) is 4.53. The second kappa shape index (κ2) is 7.77. The lowest BCUT2D eigenvalue weighted by atomic mass is 10.1. The fraction of sp³-hybridized carbons (Fsp3) is 0.115. The molecule has 6 rings (SSSR count). The maximum Gasteiger partial charge on any atom is 0.328 e. The summed E-state index contributed by atoms with van der Waals surface area (Å²) in [7, 11) is 0. The molecule has 0 saturated heterocycles. The predicted molar refractivity (Wildman–Crippen MR) is 126 cm³/mol. The molecule has 1 amide bonds. The van der Waals surface area contributed by atoms with Crippen molar-refractivity contribution in [3.05, 3.63) is 110 Å². The SMILES string of the molecule is O=C(Nc1ccc2c(c1)Cc1ccccc1-2)c1c[nH]c(=O)n(Cc2ccc3c(c2)OCO3)c1=O. The monoisotopic (exact) mass is 453 g/mol. The van der Waals surface area contributed by atoms with Crippen LogP contribution in [0.15, 0.2) is 76.4 Å². The molecule has 0 spiro atoms. The molecule has 1 aliphatic heterocycles. The number of amides is 1. The second-order valence-corrected chi connectivity index (χ2v) is 8.25. The molecule has 8 heteroatoms. The number of rotatable bonds is 4. The van der Waals surface area contributed by atoms with Crippen molar-refractivity contribution in [2.45, 2.75) is 13.0 Å². The first-order valence-electron chi connectivity index (χ1n) is 10.8. The molecule has 0 saturated carbocycles. The number of carbonyl (C=O) groups is 1. The Kier molecular flexibility index (Phi) is 4.58. The molecule has 0 unspecified atom stereocenters. The Morgan fingerprint density at radius 2 is 1.76 bits per heavy atom. The van der Waals surface area contributed by atoms with Crippen molar-refractivity contribution in [1.29, 1.82) is 0 Å². The highest BCUT2D eigenvalue weighted by atomic mass is 16.7. The molecule has 34 heavy (non-hydrogen) atoms. The molecule has 0 bridgehead atoms. The minimum Gasteiger partial charge on any atom is -0.454 e. The van der Waals surface area contributed by atoms with Crippen LogP contribution in [0.4, 0.5) is 5.69 Å². The smallest absolute Gasteiger partial charge is 0.328 e. The van der Waals surface area contributed by atoms with E-state index in [1.54, 1.807) is 18.2 Å². The summed E-state index contributed by atoms with van der Waals surface area (Å²) in [4.78, 5) is 40.8. The zero-order valence-electron chi connectivity index (χ0n) is 18.0. The third-order valence-electron chi connectivity index (χ3n) is 6.13. The van der Waals surface area contributed by atoms with Gasteiger partial charge in [0.15, 0.2) is 11.5 Å². The van der Waals surface area contributed by atoms with Gasteiger partial charge in [0.25, 0.3) is 11.5 Å². The van der Waals surface area contributed by atoms with Crippen molar-refractivity contribution in [1.82, 2.24) is 9.55 Å². The zero-order chi connectivity index (χ0) is 23.2. The Morgan fingerprint density at radius 1 is 0.941 bits per heavy atom. The van der Waals surface area contributed by atoms with Gasteiger partial charge in [-0.2, -0.15) is 0 Å². The Balaban J connectivity index is 1.26. The van der Waals surface area contributed by atoms with E-state index in [1.807, 2.05) is 30.3 Å². The number of benzene rings is 3. The van der Waals surface area contributed by atoms with Crippen molar-refractivity contribution >= 4 is 11.6 Å². The minimum absolute atomic E-state index is 0.0109. The van der Waals surface area contributed by atoms with Gasteiger partial charge in [-0.05, 0) is 58.5 Å². The Hall–Kier alpha value is -4.59. The lowest BCUT2D eigenvalue weighted by molar-refractivity contribution is 0.102. The first-order valence-corrected chi connectivity index (χ1v) is 10.8. The van der Waals surface area contributed by atoms with E-state index in [2.05, 4.69) is 22.4 Å². The summed E-state index contributed by atoms with van der Waals surface area (Å²) in [6, 6.07) is 19.1. The van der Waals surface area contributed by atoms with Crippen molar-refractivity contribution in [3.8, 4) is 22.6 Å². The summed E-state index contributed by atoms with van der Waals surface area (Å²) in [6.07, 6.45) is 1.94. The van der Waals surface area contributed by atoms with Gasteiger partial charge in [-0.15, -0.1) is 0 Å². The molecular formula is C26H19N3O5. The largest absolute Gasteiger partial charge is 0.454 e. The fourth-order valence-corrected chi connectivity index (χ4v) is 4.46. The van der Waals surface area contributed by atoms with E-state index in [-0.39, 0.29) is 18.9 Å². The molecule has 0 atom stereocenters. The Labute approximate surface area is 193 Å². The lowest BCUT2D eigenvalue weighted by Gasteiger charge is -2.10. The number of aromatic amines is 1. The van der Waals surface area contributed by atoms with Crippen LogP contribution in [0, 0.1) is 0 Å². The summed E-state index contributed by atoms with van der Waals surface area (Å²) >= 11 is 0. The first-order chi connectivity index (χ1) is 16.6. The highest BCUT2D eigenvalue weighted by Gasteiger charge is 2.20. The van der Waals surface area contributed by atoms with Crippen LogP contribution in [-0.4, -0.2) is 22.3 Å². The van der Waals surface area contributed by atoms with E-state index < -0.39 is 17.2 Å². The summed E-state index contributed by atoms with van der Waals surface area (Å²) < 4.78 is 11.6. The maximum atomic E-state index is 13.0. The van der Waals surface area contributed by atoms with Crippen molar-refractivity contribution < 1.29 is 14.3 Å². The topological polar surface area (TPSA) is 102 Å². The molecule has 2 N–H and O–H groups in total. The number of H-pyrrole nitrogens is 1. The maximum absolute atomic E-state index is 13.0. The van der Waals surface area contributed by atoms with E-state index >= 15 is 0 Å². The van der Waals surface area contributed by atoms with E-state index in [9.17, 15) is 14.4 Å². The molecule has 4 aromatic rings. The third-order valence-corrected chi connectivity index (χ3v) is 6.13. The number of hydrogen-bond donors (Lipinski definition) is 2. The lowest BCUT2D eigenvalue weighted by Crippen LogP contribution is -2.39.